The van der Waals surface area contributed by atoms with Gasteiger partial charge in [-0.05, 0) is 42.3 Å². The maximum Gasteiger partial charge on any atom is 0.124 e. The molecule has 98 valence electrons. The minimum Gasteiger partial charge on any atom is -0.309 e. The van der Waals surface area contributed by atoms with Crippen LogP contribution in [0, 0.1) is 5.82 Å². The van der Waals surface area contributed by atoms with Crippen LogP contribution < -0.4 is 5.32 Å². The van der Waals surface area contributed by atoms with Gasteiger partial charge in [0.15, 0.2) is 0 Å². The fraction of sp³-hybridized carbons (Fsp3) is 0.250. The standard InChI is InChI=1S/C16H15ClFN/c17-13-8-12(9-14(18)10-13)15-6-7-19-16(15)11-4-2-1-3-5-11/h1-5,8-10,15-16,19H,6-7H2. The molecule has 1 aliphatic heterocycles. The van der Waals surface area contributed by atoms with Gasteiger partial charge in [0.05, 0.1) is 0 Å². The first-order valence-electron chi connectivity index (χ1n) is 6.48. The molecule has 2 atom stereocenters. The summed E-state index contributed by atoms with van der Waals surface area (Å²) in [7, 11) is 0. The second kappa shape index (κ2) is 5.32. The van der Waals surface area contributed by atoms with Gasteiger partial charge in [0.1, 0.15) is 5.82 Å². The first-order valence-corrected chi connectivity index (χ1v) is 6.86. The van der Waals surface area contributed by atoms with Crippen LogP contribution in [0.3, 0.4) is 0 Å². The topological polar surface area (TPSA) is 12.0 Å². The lowest BCUT2D eigenvalue weighted by Crippen LogP contribution is -2.17. The first kappa shape index (κ1) is 12.6. The van der Waals surface area contributed by atoms with Crippen LogP contribution in [0.4, 0.5) is 4.39 Å². The molecule has 19 heavy (non-hydrogen) atoms. The van der Waals surface area contributed by atoms with Crippen LogP contribution in [-0.4, -0.2) is 6.54 Å². The summed E-state index contributed by atoms with van der Waals surface area (Å²) >= 11 is 5.96. The molecule has 1 aliphatic rings. The Bertz CT molecular complexity index is 550. The molecule has 3 heteroatoms. The Morgan fingerprint density at radius 3 is 2.58 bits per heavy atom. The van der Waals surface area contributed by atoms with E-state index in [2.05, 4.69) is 17.4 Å². The Hall–Kier alpha value is -1.38. The normalized spacial score (nSPS) is 22.6. The molecule has 1 heterocycles. The summed E-state index contributed by atoms with van der Waals surface area (Å²) in [5.41, 5.74) is 2.22. The molecule has 0 spiro atoms. The van der Waals surface area contributed by atoms with Crippen LogP contribution in [0.25, 0.3) is 0 Å². The van der Waals surface area contributed by atoms with Crippen molar-refractivity contribution in [3.8, 4) is 0 Å². The van der Waals surface area contributed by atoms with Gasteiger partial charge in [0.2, 0.25) is 0 Å². The highest BCUT2D eigenvalue weighted by molar-refractivity contribution is 6.30. The lowest BCUT2D eigenvalue weighted by molar-refractivity contribution is 0.569. The third kappa shape index (κ3) is 2.65. The summed E-state index contributed by atoms with van der Waals surface area (Å²) in [5.74, 6) is 0.0109. The smallest absolute Gasteiger partial charge is 0.124 e. The highest BCUT2D eigenvalue weighted by Gasteiger charge is 2.29. The molecule has 2 aromatic rings. The van der Waals surface area contributed by atoms with Crippen molar-refractivity contribution < 1.29 is 4.39 Å². The number of benzene rings is 2. The molecule has 0 radical (unpaired) electrons. The molecule has 0 aromatic heterocycles. The highest BCUT2D eigenvalue weighted by Crippen LogP contribution is 2.38. The van der Waals surface area contributed by atoms with Gasteiger partial charge in [-0.3, -0.25) is 0 Å². The molecule has 1 N–H and O–H groups in total. The number of rotatable bonds is 2. The van der Waals surface area contributed by atoms with Crippen molar-refractivity contribution in [2.75, 3.05) is 6.54 Å². The number of hydrogen-bond donors (Lipinski definition) is 1. The van der Waals surface area contributed by atoms with E-state index in [9.17, 15) is 4.39 Å². The zero-order valence-corrected chi connectivity index (χ0v) is 11.2. The number of halogens is 2. The average molecular weight is 276 g/mol. The van der Waals surface area contributed by atoms with Gasteiger partial charge in [-0.15, -0.1) is 0 Å². The molecule has 3 rings (SSSR count). The van der Waals surface area contributed by atoms with Crippen molar-refractivity contribution in [2.24, 2.45) is 0 Å². The van der Waals surface area contributed by atoms with E-state index in [1.807, 2.05) is 24.3 Å². The van der Waals surface area contributed by atoms with Gasteiger partial charge in [-0.2, -0.15) is 0 Å². The van der Waals surface area contributed by atoms with Crippen molar-refractivity contribution in [3.63, 3.8) is 0 Å². The molecule has 1 saturated heterocycles. The zero-order chi connectivity index (χ0) is 13.2. The van der Waals surface area contributed by atoms with Crippen molar-refractivity contribution in [1.82, 2.24) is 5.32 Å². The quantitative estimate of drug-likeness (QED) is 0.862. The molecule has 0 bridgehead atoms. The third-order valence-electron chi connectivity index (χ3n) is 3.69. The third-order valence-corrected chi connectivity index (χ3v) is 3.91. The second-order valence-corrected chi connectivity index (χ2v) is 5.38. The van der Waals surface area contributed by atoms with E-state index in [1.165, 1.54) is 11.6 Å². The minimum atomic E-state index is -0.263. The second-order valence-electron chi connectivity index (χ2n) is 4.94. The fourth-order valence-corrected chi connectivity index (χ4v) is 3.09. The highest BCUT2D eigenvalue weighted by atomic mass is 35.5. The molecule has 2 aromatic carbocycles. The summed E-state index contributed by atoms with van der Waals surface area (Å²) in [6, 6.07) is 15.3. The molecule has 2 unspecified atom stereocenters. The van der Waals surface area contributed by atoms with Crippen molar-refractivity contribution >= 4 is 11.6 Å². The van der Waals surface area contributed by atoms with Gasteiger partial charge < -0.3 is 5.32 Å². The van der Waals surface area contributed by atoms with Crippen molar-refractivity contribution in [3.05, 3.63) is 70.5 Å². The Labute approximate surface area is 117 Å². The Morgan fingerprint density at radius 1 is 1.05 bits per heavy atom. The van der Waals surface area contributed by atoms with Crippen LogP contribution in [0.1, 0.15) is 29.5 Å². The molecule has 0 aliphatic carbocycles. The molecule has 0 amide bonds. The Balaban J connectivity index is 1.95. The van der Waals surface area contributed by atoms with E-state index < -0.39 is 0 Å². The lowest BCUT2D eigenvalue weighted by atomic mass is 9.88. The van der Waals surface area contributed by atoms with Crippen LogP contribution in [0.15, 0.2) is 48.5 Å². The maximum atomic E-state index is 13.5. The van der Waals surface area contributed by atoms with Crippen LogP contribution >= 0.6 is 11.6 Å². The van der Waals surface area contributed by atoms with E-state index in [0.717, 1.165) is 18.5 Å². The Kier molecular flexibility index (Phi) is 3.54. The SMILES string of the molecule is Fc1cc(Cl)cc(C2CCNC2c2ccccc2)c1. The zero-order valence-electron chi connectivity index (χ0n) is 10.4. The summed E-state index contributed by atoms with van der Waals surface area (Å²) < 4.78 is 13.5. The molecular weight excluding hydrogens is 261 g/mol. The molecular formula is C16H15ClFN. The van der Waals surface area contributed by atoms with E-state index in [4.69, 9.17) is 11.6 Å². The lowest BCUT2D eigenvalue weighted by Gasteiger charge is -2.20. The Morgan fingerprint density at radius 2 is 1.84 bits per heavy atom. The van der Waals surface area contributed by atoms with Crippen molar-refractivity contribution in [1.29, 1.82) is 0 Å². The van der Waals surface area contributed by atoms with Crippen molar-refractivity contribution in [2.45, 2.75) is 18.4 Å². The predicted octanol–water partition coefficient (Wildman–Crippen LogP) is 4.30. The molecule has 1 fully saturated rings. The first-order chi connectivity index (χ1) is 9.24. The van der Waals surface area contributed by atoms with Gasteiger partial charge in [0.25, 0.3) is 0 Å². The molecule has 1 nitrogen and oxygen atoms in total. The van der Waals surface area contributed by atoms with E-state index >= 15 is 0 Å². The van der Waals surface area contributed by atoms with Crippen LogP contribution in [0.5, 0.6) is 0 Å². The van der Waals surface area contributed by atoms with Crippen LogP contribution in [0.2, 0.25) is 5.02 Å². The summed E-state index contributed by atoms with van der Waals surface area (Å²) in [4.78, 5) is 0. The molecule has 0 saturated carbocycles. The minimum absolute atomic E-state index is 0.235. The van der Waals surface area contributed by atoms with Gasteiger partial charge in [-0.25, -0.2) is 4.39 Å². The van der Waals surface area contributed by atoms with E-state index in [-0.39, 0.29) is 17.8 Å². The van der Waals surface area contributed by atoms with E-state index in [1.54, 1.807) is 6.07 Å². The fourth-order valence-electron chi connectivity index (χ4n) is 2.86. The monoisotopic (exact) mass is 275 g/mol. The largest absolute Gasteiger partial charge is 0.309 e. The van der Waals surface area contributed by atoms with Gasteiger partial charge in [-0.1, -0.05) is 41.9 Å². The van der Waals surface area contributed by atoms with E-state index in [0.29, 0.717) is 5.02 Å². The summed E-state index contributed by atoms with van der Waals surface area (Å²) in [6.45, 7) is 0.943. The van der Waals surface area contributed by atoms with Gasteiger partial charge in [0, 0.05) is 17.0 Å². The average Bonchev–Trinajstić information content (AvgIpc) is 2.88. The van der Waals surface area contributed by atoms with Gasteiger partial charge >= 0.3 is 0 Å². The predicted molar refractivity (Wildman–Crippen MR) is 76.0 cm³/mol. The van der Waals surface area contributed by atoms with Crippen LogP contribution in [-0.2, 0) is 0 Å². The number of hydrogen-bond acceptors (Lipinski definition) is 1. The summed E-state index contributed by atoms with van der Waals surface area (Å²) in [6.07, 6.45) is 0.999. The maximum absolute atomic E-state index is 13.5. The summed E-state index contributed by atoms with van der Waals surface area (Å²) in [5, 5.41) is 3.96. The number of nitrogens with one attached hydrogen (secondary N) is 1.